The van der Waals surface area contributed by atoms with Gasteiger partial charge in [-0.2, -0.15) is 5.10 Å². The molecule has 6 heteroatoms. The zero-order chi connectivity index (χ0) is 15.5. The highest BCUT2D eigenvalue weighted by molar-refractivity contribution is 6.34. The molecule has 2 aromatic heterocycles. The number of aromatic nitrogens is 3. The van der Waals surface area contributed by atoms with Crippen LogP contribution < -0.4 is 5.32 Å². The second-order valence-electron chi connectivity index (χ2n) is 4.69. The van der Waals surface area contributed by atoms with Gasteiger partial charge < -0.3 is 5.32 Å². The average molecular weight is 313 g/mol. The molecule has 1 aromatic carbocycles. The van der Waals surface area contributed by atoms with Gasteiger partial charge in [0.05, 0.1) is 11.4 Å². The summed E-state index contributed by atoms with van der Waals surface area (Å²) in [6.07, 6.45) is 3.22. The van der Waals surface area contributed by atoms with Gasteiger partial charge in [0.15, 0.2) is 0 Å². The van der Waals surface area contributed by atoms with Crippen molar-refractivity contribution >= 4 is 23.2 Å². The van der Waals surface area contributed by atoms with Crippen molar-refractivity contribution < 1.29 is 4.79 Å². The Morgan fingerprint density at radius 3 is 2.50 bits per heavy atom. The van der Waals surface area contributed by atoms with Gasteiger partial charge in [-0.3, -0.25) is 9.78 Å². The Morgan fingerprint density at radius 1 is 1.14 bits per heavy atom. The van der Waals surface area contributed by atoms with Gasteiger partial charge >= 0.3 is 0 Å². The van der Waals surface area contributed by atoms with E-state index in [1.165, 1.54) is 0 Å². The lowest BCUT2D eigenvalue weighted by Gasteiger charge is -2.05. The van der Waals surface area contributed by atoms with Gasteiger partial charge in [0, 0.05) is 18.1 Å². The summed E-state index contributed by atoms with van der Waals surface area (Å²) in [6, 6.07) is 12.9. The number of aryl methyl sites for hydroxylation is 1. The summed E-state index contributed by atoms with van der Waals surface area (Å²) in [7, 11) is 0. The molecule has 2 heterocycles. The maximum absolute atomic E-state index is 12.4. The van der Waals surface area contributed by atoms with Crippen LogP contribution in [0.25, 0.3) is 5.69 Å². The molecule has 0 aliphatic heterocycles. The zero-order valence-corrected chi connectivity index (χ0v) is 12.6. The van der Waals surface area contributed by atoms with Crippen LogP contribution >= 0.6 is 11.6 Å². The molecule has 5 nitrogen and oxygen atoms in total. The third-order valence-corrected chi connectivity index (χ3v) is 3.52. The number of hydrogen-bond acceptors (Lipinski definition) is 3. The summed E-state index contributed by atoms with van der Waals surface area (Å²) in [5, 5.41) is 7.43. The highest BCUT2D eigenvalue weighted by Gasteiger charge is 2.21. The Morgan fingerprint density at radius 2 is 1.82 bits per heavy atom. The van der Waals surface area contributed by atoms with Crippen molar-refractivity contribution in [3.05, 3.63) is 71.3 Å². The van der Waals surface area contributed by atoms with Gasteiger partial charge in [0.2, 0.25) is 0 Å². The van der Waals surface area contributed by atoms with Gasteiger partial charge in [-0.15, -0.1) is 0 Å². The molecule has 3 rings (SSSR count). The quantitative estimate of drug-likeness (QED) is 0.805. The van der Waals surface area contributed by atoms with Crippen LogP contribution in [0.4, 0.5) is 5.69 Å². The van der Waals surface area contributed by atoms with E-state index >= 15 is 0 Å². The first-order valence-electron chi connectivity index (χ1n) is 6.69. The van der Waals surface area contributed by atoms with Crippen LogP contribution in [0.5, 0.6) is 0 Å². The summed E-state index contributed by atoms with van der Waals surface area (Å²) in [4.78, 5) is 16.3. The Labute approximate surface area is 132 Å². The number of benzene rings is 1. The van der Waals surface area contributed by atoms with Crippen molar-refractivity contribution in [2.75, 3.05) is 5.32 Å². The molecule has 0 aliphatic carbocycles. The van der Waals surface area contributed by atoms with Crippen LogP contribution in [0.15, 0.2) is 54.9 Å². The monoisotopic (exact) mass is 312 g/mol. The van der Waals surface area contributed by atoms with Crippen LogP contribution in [0.2, 0.25) is 5.15 Å². The van der Waals surface area contributed by atoms with Gasteiger partial charge in [0.25, 0.3) is 5.91 Å². The van der Waals surface area contributed by atoms with Gasteiger partial charge in [-0.25, -0.2) is 4.68 Å². The normalized spacial score (nSPS) is 10.5. The topological polar surface area (TPSA) is 59.8 Å². The van der Waals surface area contributed by atoms with E-state index < -0.39 is 0 Å². The van der Waals surface area contributed by atoms with Gasteiger partial charge in [-0.1, -0.05) is 29.8 Å². The van der Waals surface area contributed by atoms with Crippen molar-refractivity contribution in [1.29, 1.82) is 0 Å². The number of hydrogen-bond donors (Lipinski definition) is 1. The first-order valence-corrected chi connectivity index (χ1v) is 7.06. The lowest BCUT2D eigenvalue weighted by Crippen LogP contribution is -2.13. The number of nitrogens with one attached hydrogen (secondary N) is 1. The lowest BCUT2D eigenvalue weighted by atomic mass is 10.2. The number of para-hydroxylation sites is 1. The number of rotatable bonds is 3. The molecule has 0 saturated heterocycles. The number of amides is 1. The Hall–Kier alpha value is -2.66. The standard InChI is InChI=1S/C16H13ClN4O/c1-11-14(16(22)19-12-7-9-18-10-8-12)15(17)21(20-11)13-5-3-2-4-6-13/h2-10H,1H3,(H,18,19,22). The number of carbonyl (C=O) groups is 1. The van der Waals surface area contributed by atoms with E-state index in [0.717, 1.165) is 5.69 Å². The van der Waals surface area contributed by atoms with Gasteiger partial charge in [0.1, 0.15) is 10.7 Å². The average Bonchev–Trinajstić information content (AvgIpc) is 2.84. The smallest absolute Gasteiger partial charge is 0.260 e. The molecule has 110 valence electrons. The number of nitrogens with zero attached hydrogens (tertiary/aromatic N) is 3. The maximum atomic E-state index is 12.4. The summed E-state index contributed by atoms with van der Waals surface area (Å²) in [6.45, 7) is 1.76. The van der Waals surface area contributed by atoms with Crippen molar-refractivity contribution in [2.45, 2.75) is 6.92 Å². The summed E-state index contributed by atoms with van der Waals surface area (Å²) in [5.74, 6) is -0.295. The fourth-order valence-corrected chi connectivity index (χ4v) is 2.48. The van der Waals surface area contributed by atoms with Crippen molar-refractivity contribution in [1.82, 2.24) is 14.8 Å². The van der Waals surface area contributed by atoms with E-state index in [-0.39, 0.29) is 11.1 Å². The van der Waals surface area contributed by atoms with E-state index in [4.69, 9.17) is 11.6 Å². The number of halogens is 1. The van der Waals surface area contributed by atoms with Crippen LogP contribution in [0.3, 0.4) is 0 Å². The number of pyridine rings is 1. The van der Waals surface area contributed by atoms with Crippen LogP contribution in [0, 0.1) is 6.92 Å². The van der Waals surface area contributed by atoms with Gasteiger partial charge in [-0.05, 0) is 31.2 Å². The van der Waals surface area contributed by atoms with Crippen LogP contribution in [-0.2, 0) is 0 Å². The third kappa shape index (κ3) is 2.71. The molecule has 0 saturated carbocycles. The molecule has 1 N–H and O–H groups in total. The van der Waals surface area contributed by atoms with E-state index in [1.54, 1.807) is 36.1 Å². The molecule has 0 unspecified atom stereocenters. The van der Waals surface area contributed by atoms with Crippen molar-refractivity contribution in [3.63, 3.8) is 0 Å². The number of anilines is 1. The fraction of sp³-hybridized carbons (Fsp3) is 0.0625. The highest BCUT2D eigenvalue weighted by Crippen LogP contribution is 2.24. The largest absolute Gasteiger partial charge is 0.322 e. The molecule has 0 spiro atoms. The van der Waals surface area contributed by atoms with E-state index in [2.05, 4.69) is 15.4 Å². The van der Waals surface area contributed by atoms with E-state index in [9.17, 15) is 4.79 Å². The predicted molar refractivity (Wildman–Crippen MR) is 85.5 cm³/mol. The molecular formula is C16H13ClN4O. The molecule has 0 atom stereocenters. The summed E-state index contributed by atoms with van der Waals surface area (Å²) < 4.78 is 1.55. The summed E-state index contributed by atoms with van der Waals surface area (Å²) in [5.41, 5.74) is 2.39. The van der Waals surface area contributed by atoms with Crippen LogP contribution in [0.1, 0.15) is 16.1 Å². The third-order valence-electron chi connectivity index (χ3n) is 3.17. The highest BCUT2D eigenvalue weighted by atomic mass is 35.5. The summed E-state index contributed by atoms with van der Waals surface area (Å²) >= 11 is 6.35. The Bertz CT molecular complexity index is 800. The second-order valence-corrected chi connectivity index (χ2v) is 5.05. The minimum Gasteiger partial charge on any atom is -0.322 e. The minimum atomic E-state index is -0.295. The van der Waals surface area contributed by atoms with Crippen LogP contribution in [-0.4, -0.2) is 20.7 Å². The minimum absolute atomic E-state index is 0.287. The molecule has 0 bridgehead atoms. The molecule has 0 aliphatic rings. The molecule has 0 fully saturated rings. The molecule has 3 aromatic rings. The number of carbonyl (C=O) groups excluding carboxylic acids is 1. The SMILES string of the molecule is Cc1nn(-c2ccccc2)c(Cl)c1C(=O)Nc1ccncc1. The molecular weight excluding hydrogens is 300 g/mol. The Balaban J connectivity index is 1.95. The molecule has 22 heavy (non-hydrogen) atoms. The van der Waals surface area contributed by atoms with E-state index in [0.29, 0.717) is 16.9 Å². The first kappa shape index (κ1) is 14.3. The maximum Gasteiger partial charge on any atom is 0.260 e. The zero-order valence-electron chi connectivity index (χ0n) is 11.8. The van der Waals surface area contributed by atoms with Crippen molar-refractivity contribution in [2.24, 2.45) is 0 Å². The van der Waals surface area contributed by atoms with Crippen molar-refractivity contribution in [3.8, 4) is 5.69 Å². The second kappa shape index (κ2) is 5.99. The molecule has 1 amide bonds. The van der Waals surface area contributed by atoms with E-state index in [1.807, 2.05) is 30.3 Å². The predicted octanol–water partition coefficient (Wildman–Crippen LogP) is 3.48. The Kier molecular flexibility index (Phi) is 3.89. The fourth-order valence-electron chi connectivity index (χ4n) is 2.13. The first-order chi connectivity index (χ1) is 10.7. The lowest BCUT2D eigenvalue weighted by molar-refractivity contribution is 0.102. The molecule has 0 radical (unpaired) electrons.